The molecule has 1 aliphatic heterocycles. The number of nitrogens with zero attached hydrogens (tertiary/aromatic N) is 1. The average Bonchev–Trinajstić information content (AvgIpc) is 2.98. The van der Waals surface area contributed by atoms with Gasteiger partial charge in [0, 0.05) is 18.8 Å². The van der Waals surface area contributed by atoms with Crippen LogP contribution in [0.3, 0.4) is 0 Å². The monoisotopic (exact) mass is 406 g/mol. The fraction of sp³-hybridized carbons (Fsp3) is 0.350. The van der Waals surface area contributed by atoms with Gasteiger partial charge >= 0.3 is 0 Å². The first-order valence-electron chi connectivity index (χ1n) is 9.23. The molecule has 0 aromatic heterocycles. The van der Waals surface area contributed by atoms with Gasteiger partial charge in [0.05, 0.1) is 4.90 Å². The summed E-state index contributed by atoms with van der Waals surface area (Å²) < 4.78 is 45.4. The molecule has 1 heterocycles. The summed E-state index contributed by atoms with van der Waals surface area (Å²) in [4.78, 5) is 12.2. The van der Waals surface area contributed by atoms with E-state index in [9.17, 15) is 17.6 Å². The van der Waals surface area contributed by atoms with Crippen molar-refractivity contribution < 1.29 is 22.3 Å². The van der Waals surface area contributed by atoms with Gasteiger partial charge in [-0.05, 0) is 55.3 Å². The van der Waals surface area contributed by atoms with Crippen molar-refractivity contribution in [2.75, 3.05) is 25.0 Å². The minimum absolute atomic E-state index is 0.159. The largest absolute Gasteiger partial charge is 0.484 e. The Morgan fingerprint density at radius 1 is 1.04 bits per heavy atom. The zero-order valence-corrected chi connectivity index (χ0v) is 16.3. The summed E-state index contributed by atoms with van der Waals surface area (Å²) in [5, 5.41) is 2.63. The van der Waals surface area contributed by atoms with E-state index in [0.717, 1.165) is 25.7 Å². The van der Waals surface area contributed by atoms with E-state index in [0.29, 0.717) is 24.5 Å². The number of amides is 1. The van der Waals surface area contributed by atoms with Crippen molar-refractivity contribution in [2.24, 2.45) is 0 Å². The van der Waals surface area contributed by atoms with Gasteiger partial charge in [-0.25, -0.2) is 12.8 Å². The highest BCUT2D eigenvalue weighted by atomic mass is 32.2. The Labute approximate surface area is 164 Å². The Balaban J connectivity index is 1.63. The molecule has 1 fully saturated rings. The zero-order valence-electron chi connectivity index (χ0n) is 15.4. The van der Waals surface area contributed by atoms with Crippen molar-refractivity contribution in [3.63, 3.8) is 0 Å². The number of benzene rings is 2. The topological polar surface area (TPSA) is 75.7 Å². The molecule has 2 aromatic rings. The molecular formula is C20H23FN2O4S. The minimum Gasteiger partial charge on any atom is -0.484 e. The highest BCUT2D eigenvalue weighted by molar-refractivity contribution is 7.89. The molecule has 1 aliphatic rings. The molecule has 8 heteroatoms. The fourth-order valence-corrected chi connectivity index (χ4v) is 4.61. The molecule has 2 aromatic carbocycles. The van der Waals surface area contributed by atoms with Gasteiger partial charge in [0.25, 0.3) is 5.91 Å². The van der Waals surface area contributed by atoms with E-state index < -0.39 is 15.9 Å². The second kappa shape index (κ2) is 9.16. The highest BCUT2D eigenvalue weighted by Gasteiger charge is 2.25. The zero-order chi connectivity index (χ0) is 20.0. The molecule has 0 spiro atoms. The number of hydrogen-bond acceptors (Lipinski definition) is 4. The van der Waals surface area contributed by atoms with Crippen molar-refractivity contribution in [3.05, 3.63) is 54.3 Å². The Morgan fingerprint density at radius 2 is 1.71 bits per heavy atom. The second-order valence-electron chi connectivity index (χ2n) is 6.64. The third-order valence-electron chi connectivity index (χ3n) is 4.50. The maximum Gasteiger partial charge on any atom is 0.262 e. The van der Waals surface area contributed by atoms with Gasteiger partial charge in [0.1, 0.15) is 11.6 Å². The van der Waals surface area contributed by atoms with Crippen LogP contribution in [-0.2, 0) is 14.8 Å². The summed E-state index contributed by atoms with van der Waals surface area (Å²) in [6, 6.07) is 11.5. The van der Waals surface area contributed by atoms with E-state index in [2.05, 4.69) is 5.32 Å². The van der Waals surface area contributed by atoms with E-state index in [4.69, 9.17) is 4.74 Å². The molecular weight excluding hydrogens is 383 g/mol. The number of anilines is 1. The molecule has 0 unspecified atom stereocenters. The Bertz CT molecular complexity index is 908. The van der Waals surface area contributed by atoms with Crippen molar-refractivity contribution in [1.29, 1.82) is 0 Å². The lowest BCUT2D eigenvalue weighted by atomic mass is 10.2. The van der Waals surface area contributed by atoms with Crippen LogP contribution in [0.1, 0.15) is 25.7 Å². The second-order valence-corrected chi connectivity index (χ2v) is 8.57. The number of halogens is 1. The van der Waals surface area contributed by atoms with Crippen LogP contribution < -0.4 is 10.1 Å². The van der Waals surface area contributed by atoms with Crippen LogP contribution in [-0.4, -0.2) is 38.3 Å². The van der Waals surface area contributed by atoms with Gasteiger partial charge in [-0.1, -0.05) is 18.9 Å². The maximum absolute atomic E-state index is 12.9. The summed E-state index contributed by atoms with van der Waals surface area (Å²) >= 11 is 0. The SMILES string of the molecule is O=C(COc1ccc(F)cc1)Nc1cccc(S(=O)(=O)N2CCCCCC2)c1. The number of nitrogens with one attached hydrogen (secondary N) is 1. The maximum atomic E-state index is 12.9. The molecule has 1 amide bonds. The fourth-order valence-electron chi connectivity index (χ4n) is 3.04. The Morgan fingerprint density at radius 3 is 2.39 bits per heavy atom. The average molecular weight is 406 g/mol. The lowest BCUT2D eigenvalue weighted by Crippen LogP contribution is -2.32. The van der Waals surface area contributed by atoms with Gasteiger partial charge < -0.3 is 10.1 Å². The van der Waals surface area contributed by atoms with Crippen LogP contribution in [0.15, 0.2) is 53.4 Å². The van der Waals surface area contributed by atoms with Gasteiger partial charge in [-0.3, -0.25) is 4.79 Å². The quantitative estimate of drug-likeness (QED) is 0.798. The molecule has 0 saturated carbocycles. The minimum atomic E-state index is -3.59. The standard InChI is InChI=1S/C20H23FN2O4S/c21-16-8-10-18(11-9-16)27-15-20(24)22-17-6-5-7-19(14-17)28(25,26)23-12-3-1-2-4-13-23/h5-11,14H,1-4,12-13,15H2,(H,22,24). The van der Waals surface area contributed by atoms with Crippen molar-refractivity contribution in [3.8, 4) is 5.75 Å². The first-order valence-corrected chi connectivity index (χ1v) is 10.7. The van der Waals surface area contributed by atoms with Gasteiger partial charge in [0.2, 0.25) is 10.0 Å². The summed E-state index contributed by atoms with van der Waals surface area (Å²) in [6.45, 7) is 0.767. The van der Waals surface area contributed by atoms with E-state index in [1.165, 1.54) is 40.7 Å². The van der Waals surface area contributed by atoms with Gasteiger partial charge in [-0.15, -0.1) is 0 Å². The van der Waals surface area contributed by atoms with E-state index in [-0.39, 0.29) is 17.3 Å². The van der Waals surface area contributed by atoms with Crippen LogP contribution in [0.4, 0.5) is 10.1 Å². The molecule has 0 atom stereocenters. The molecule has 150 valence electrons. The summed E-state index contributed by atoms with van der Waals surface area (Å²) in [5.74, 6) is -0.457. The number of ether oxygens (including phenoxy) is 1. The van der Waals surface area contributed by atoms with E-state index in [1.807, 2.05) is 0 Å². The lowest BCUT2D eigenvalue weighted by Gasteiger charge is -2.20. The lowest BCUT2D eigenvalue weighted by molar-refractivity contribution is -0.118. The number of carbonyl (C=O) groups is 1. The number of carbonyl (C=O) groups excluding carboxylic acids is 1. The van der Waals surface area contributed by atoms with Crippen molar-refractivity contribution in [1.82, 2.24) is 4.31 Å². The van der Waals surface area contributed by atoms with E-state index in [1.54, 1.807) is 12.1 Å². The molecule has 1 saturated heterocycles. The molecule has 0 aliphatic carbocycles. The molecule has 28 heavy (non-hydrogen) atoms. The molecule has 3 rings (SSSR count). The number of sulfonamides is 1. The Kier molecular flexibility index (Phi) is 6.64. The highest BCUT2D eigenvalue weighted by Crippen LogP contribution is 2.22. The predicted octanol–water partition coefficient (Wildman–Crippen LogP) is 3.41. The van der Waals surface area contributed by atoms with Crippen LogP contribution in [0.25, 0.3) is 0 Å². The van der Waals surface area contributed by atoms with Crippen molar-refractivity contribution >= 4 is 21.6 Å². The number of rotatable bonds is 6. The molecule has 0 radical (unpaired) electrons. The normalized spacial score (nSPS) is 15.6. The summed E-state index contributed by atoms with van der Waals surface area (Å²) in [5.41, 5.74) is 0.378. The van der Waals surface area contributed by atoms with Gasteiger partial charge in [0.15, 0.2) is 6.61 Å². The summed E-state index contributed by atoms with van der Waals surface area (Å²) in [7, 11) is -3.59. The van der Waals surface area contributed by atoms with Crippen LogP contribution in [0, 0.1) is 5.82 Å². The molecule has 0 bridgehead atoms. The van der Waals surface area contributed by atoms with Crippen LogP contribution >= 0.6 is 0 Å². The molecule has 1 N–H and O–H groups in total. The predicted molar refractivity (Wildman–Crippen MR) is 104 cm³/mol. The molecule has 6 nitrogen and oxygen atoms in total. The van der Waals surface area contributed by atoms with Crippen LogP contribution in [0.2, 0.25) is 0 Å². The summed E-state index contributed by atoms with van der Waals surface area (Å²) in [6.07, 6.45) is 3.79. The smallest absolute Gasteiger partial charge is 0.262 e. The Hall–Kier alpha value is -2.45. The van der Waals surface area contributed by atoms with Crippen molar-refractivity contribution in [2.45, 2.75) is 30.6 Å². The third-order valence-corrected chi connectivity index (χ3v) is 6.40. The van der Waals surface area contributed by atoms with E-state index >= 15 is 0 Å². The first-order chi connectivity index (χ1) is 13.4. The van der Waals surface area contributed by atoms with Gasteiger partial charge in [-0.2, -0.15) is 4.31 Å². The third kappa shape index (κ3) is 5.30. The first kappa shape index (κ1) is 20.3. The number of hydrogen-bond donors (Lipinski definition) is 1. The van der Waals surface area contributed by atoms with Crippen LogP contribution in [0.5, 0.6) is 5.75 Å².